The number of fused-ring (bicyclic) bond motifs is 2. The predicted molar refractivity (Wildman–Crippen MR) is 107 cm³/mol. The maximum Gasteiger partial charge on any atom is 0.268 e. The summed E-state index contributed by atoms with van der Waals surface area (Å²) in [7, 11) is -3.84. The van der Waals surface area contributed by atoms with Gasteiger partial charge in [-0.25, -0.2) is 12.4 Å². The molecule has 28 heavy (non-hydrogen) atoms. The largest absolute Gasteiger partial charge is 0.508 e. The quantitative estimate of drug-likeness (QED) is 0.729. The van der Waals surface area contributed by atoms with Crippen molar-refractivity contribution in [1.29, 1.82) is 0 Å². The number of aromatic hydroxyl groups is 1. The zero-order valence-corrected chi connectivity index (χ0v) is 16.2. The summed E-state index contributed by atoms with van der Waals surface area (Å²) in [5, 5.41) is 9.73. The molecule has 2 aromatic heterocycles. The molecule has 2 aliphatic heterocycles. The van der Waals surface area contributed by atoms with Gasteiger partial charge in [0.15, 0.2) is 0 Å². The van der Waals surface area contributed by atoms with Gasteiger partial charge in [0.25, 0.3) is 10.0 Å². The van der Waals surface area contributed by atoms with Crippen LogP contribution in [0.5, 0.6) is 5.75 Å². The normalized spacial score (nSPS) is 20.6. The Kier molecular flexibility index (Phi) is 4.06. The van der Waals surface area contributed by atoms with Gasteiger partial charge in [-0.1, -0.05) is 6.07 Å². The molecule has 2 saturated heterocycles. The van der Waals surface area contributed by atoms with Gasteiger partial charge < -0.3 is 10.0 Å². The lowest BCUT2D eigenvalue weighted by Gasteiger charge is -2.38. The summed E-state index contributed by atoms with van der Waals surface area (Å²) in [6.07, 6.45) is 5.79. The molecule has 1 unspecified atom stereocenters. The molecule has 1 aromatic carbocycles. The summed E-state index contributed by atoms with van der Waals surface area (Å²) in [4.78, 5) is 9.33. The second kappa shape index (κ2) is 6.49. The van der Waals surface area contributed by atoms with Crippen molar-refractivity contribution in [2.24, 2.45) is 0 Å². The topological polar surface area (TPSA) is 78.7 Å². The molecule has 8 heteroatoms. The van der Waals surface area contributed by atoms with Gasteiger partial charge in [-0.3, -0.25) is 9.88 Å². The molecule has 0 spiro atoms. The van der Waals surface area contributed by atoms with E-state index in [0.717, 1.165) is 31.9 Å². The van der Waals surface area contributed by atoms with E-state index in [1.807, 2.05) is 0 Å². The second-order valence-corrected chi connectivity index (χ2v) is 9.28. The first-order valence-electron chi connectivity index (χ1n) is 9.54. The Hall–Kier alpha value is -2.58. The Labute approximate surface area is 163 Å². The summed E-state index contributed by atoms with van der Waals surface area (Å²) in [5.74, 6) is -0.0757. The van der Waals surface area contributed by atoms with Gasteiger partial charge in [0.1, 0.15) is 11.3 Å². The molecular weight excluding hydrogens is 376 g/mol. The highest BCUT2D eigenvalue weighted by atomic mass is 32.2. The average molecular weight is 398 g/mol. The number of anilines is 1. The number of hydrogen-bond donors (Lipinski definition) is 1. The number of hydrogen-bond acceptors (Lipinski definition) is 6. The van der Waals surface area contributed by atoms with Crippen LogP contribution in [0.1, 0.15) is 12.8 Å². The Morgan fingerprint density at radius 2 is 2.00 bits per heavy atom. The fourth-order valence-electron chi connectivity index (χ4n) is 4.41. The van der Waals surface area contributed by atoms with E-state index in [1.54, 1.807) is 24.5 Å². The van der Waals surface area contributed by atoms with Gasteiger partial charge >= 0.3 is 0 Å². The fourth-order valence-corrected chi connectivity index (χ4v) is 5.80. The maximum absolute atomic E-state index is 13.3. The molecule has 5 rings (SSSR count). The molecule has 4 heterocycles. The van der Waals surface area contributed by atoms with E-state index < -0.39 is 10.0 Å². The molecule has 0 bridgehead atoms. The minimum atomic E-state index is -3.84. The third kappa shape index (κ3) is 2.75. The first-order valence-corrected chi connectivity index (χ1v) is 11.0. The summed E-state index contributed by atoms with van der Waals surface area (Å²) in [6.45, 7) is 3.90. The standard InChI is InChI=1S/C20H22N4O3S/c25-16-5-1-6-17(12-16)28(26,27)24-14-19(20-18(24)7-2-8-21-20)23-11-10-22-9-3-4-15(22)13-23/h1-2,5-8,12,14-15,25H,3-4,9-11,13H2. The SMILES string of the molecule is O=S(=O)(c1cccc(O)c1)n1cc(N2CCN3CCCC3C2)c2ncccc21. The van der Waals surface area contributed by atoms with Crippen LogP contribution in [0.2, 0.25) is 0 Å². The van der Waals surface area contributed by atoms with E-state index in [4.69, 9.17) is 0 Å². The van der Waals surface area contributed by atoms with Gasteiger partial charge in [-0.05, 0) is 43.7 Å². The molecular formula is C20H22N4O3S. The number of phenolic OH excluding ortho intramolecular Hbond substituents is 1. The minimum absolute atomic E-state index is 0.0559. The van der Waals surface area contributed by atoms with Crippen LogP contribution in [0.25, 0.3) is 11.0 Å². The monoisotopic (exact) mass is 398 g/mol. The molecule has 0 aliphatic carbocycles. The molecule has 3 aromatic rings. The van der Waals surface area contributed by atoms with Crippen molar-refractivity contribution < 1.29 is 13.5 Å². The van der Waals surface area contributed by atoms with Crippen LogP contribution in [0.3, 0.4) is 0 Å². The van der Waals surface area contributed by atoms with Gasteiger partial charge in [-0.2, -0.15) is 0 Å². The van der Waals surface area contributed by atoms with Crippen molar-refractivity contribution in [2.45, 2.75) is 23.8 Å². The van der Waals surface area contributed by atoms with E-state index >= 15 is 0 Å². The highest BCUT2D eigenvalue weighted by molar-refractivity contribution is 7.90. The summed E-state index contributed by atoms with van der Waals surface area (Å²) in [5.41, 5.74) is 2.10. The van der Waals surface area contributed by atoms with Crippen LogP contribution in [-0.2, 0) is 10.0 Å². The highest BCUT2D eigenvalue weighted by Gasteiger charge is 2.32. The highest BCUT2D eigenvalue weighted by Crippen LogP contribution is 2.33. The molecule has 0 amide bonds. The van der Waals surface area contributed by atoms with E-state index in [1.165, 1.54) is 41.1 Å². The van der Waals surface area contributed by atoms with Crippen LogP contribution >= 0.6 is 0 Å². The smallest absolute Gasteiger partial charge is 0.268 e. The van der Waals surface area contributed by atoms with Gasteiger partial charge in [0.2, 0.25) is 0 Å². The number of benzene rings is 1. The number of piperazine rings is 1. The molecule has 1 atom stereocenters. The molecule has 7 nitrogen and oxygen atoms in total. The lowest BCUT2D eigenvalue weighted by molar-refractivity contribution is 0.231. The lowest BCUT2D eigenvalue weighted by atomic mass is 10.1. The fraction of sp³-hybridized carbons (Fsp3) is 0.350. The summed E-state index contributed by atoms with van der Waals surface area (Å²) < 4.78 is 27.8. The third-order valence-electron chi connectivity index (χ3n) is 5.81. The van der Waals surface area contributed by atoms with Gasteiger partial charge in [-0.15, -0.1) is 0 Å². The first-order chi connectivity index (χ1) is 13.5. The minimum Gasteiger partial charge on any atom is -0.508 e. The number of pyridine rings is 1. The van der Waals surface area contributed by atoms with Crippen LogP contribution in [-0.4, -0.2) is 59.6 Å². The molecule has 1 N–H and O–H groups in total. The lowest BCUT2D eigenvalue weighted by Crippen LogP contribution is -2.50. The number of rotatable bonds is 3. The van der Waals surface area contributed by atoms with E-state index in [9.17, 15) is 13.5 Å². The van der Waals surface area contributed by atoms with E-state index in [2.05, 4.69) is 14.8 Å². The van der Waals surface area contributed by atoms with Crippen molar-refractivity contribution in [3.8, 4) is 5.75 Å². The van der Waals surface area contributed by atoms with Gasteiger partial charge in [0, 0.05) is 44.1 Å². The van der Waals surface area contributed by atoms with Crippen LogP contribution in [0.4, 0.5) is 5.69 Å². The van der Waals surface area contributed by atoms with Gasteiger partial charge in [0.05, 0.1) is 16.1 Å². The van der Waals surface area contributed by atoms with Crippen LogP contribution in [0.15, 0.2) is 53.7 Å². The van der Waals surface area contributed by atoms with E-state index in [0.29, 0.717) is 17.1 Å². The molecule has 0 saturated carbocycles. The number of phenols is 1. The van der Waals surface area contributed by atoms with Crippen LogP contribution < -0.4 is 4.90 Å². The Morgan fingerprint density at radius 1 is 1.11 bits per heavy atom. The molecule has 146 valence electrons. The Morgan fingerprint density at radius 3 is 2.86 bits per heavy atom. The number of aromatic nitrogens is 2. The van der Waals surface area contributed by atoms with Crippen molar-refractivity contribution >= 4 is 26.7 Å². The average Bonchev–Trinajstić information content (AvgIpc) is 3.32. The van der Waals surface area contributed by atoms with Crippen LogP contribution in [0, 0.1) is 0 Å². The zero-order chi connectivity index (χ0) is 19.3. The molecule has 2 fully saturated rings. The van der Waals surface area contributed by atoms with E-state index in [-0.39, 0.29) is 10.6 Å². The van der Waals surface area contributed by atoms with Crippen molar-refractivity contribution in [3.63, 3.8) is 0 Å². The second-order valence-electron chi connectivity index (χ2n) is 7.46. The van der Waals surface area contributed by atoms with Crippen molar-refractivity contribution in [1.82, 2.24) is 13.9 Å². The Bertz CT molecular complexity index is 1140. The zero-order valence-electron chi connectivity index (χ0n) is 15.4. The predicted octanol–water partition coefficient (Wildman–Crippen LogP) is 2.26. The number of nitrogens with zero attached hydrogens (tertiary/aromatic N) is 4. The van der Waals surface area contributed by atoms with Crippen molar-refractivity contribution in [3.05, 3.63) is 48.8 Å². The Balaban J connectivity index is 1.61. The third-order valence-corrected chi connectivity index (χ3v) is 7.48. The maximum atomic E-state index is 13.3. The summed E-state index contributed by atoms with van der Waals surface area (Å²) >= 11 is 0. The molecule has 2 aliphatic rings. The first kappa shape index (κ1) is 17.5. The summed E-state index contributed by atoms with van der Waals surface area (Å²) in [6, 6.07) is 9.81. The van der Waals surface area contributed by atoms with Crippen molar-refractivity contribution in [2.75, 3.05) is 31.1 Å². The molecule has 0 radical (unpaired) electrons.